The lowest BCUT2D eigenvalue weighted by Crippen LogP contribution is -2.00. The first-order chi connectivity index (χ1) is 13.0. The van der Waals surface area contributed by atoms with Crippen LogP contribution in [0.5, 0.6) is 0 Å². The standard InChI is InChI=1S/C21H18ClN5/c1-13-20(14(2)27(26-13)17-6-4-3-5-7-17)19-12-18(24-21(23)25-19)15-8-10-16(22)11-9-15/h3-12H,1-2H3,(H2,23,24,25). The summed E-state index contributed by atoms with van der Waals surface area (Å²) in [5.41, 5.74) is 12.3. The average Bonchev–Trinajstić information content (AvgIpc) is 2.97. The molecule has 0 aliphatic carbocycles. The summed E-state index contributed by atoms with van der Waals surface area (Å²) >= 11 is 5.99. The van der Waals surface area contributed by atoms with Gasteiger partial charge in [-0.25, -0.2) is 14.6 Å². The van der Waals surface area contributed by atoms with Gasteiger partial charge in [-0.2, -0.15) is 5.10 Å². The molecule has 0 bridgehead atoms. The number of aryl methyl sites for hydroxylation is 1. The van der Waals surface area contributed by atoms with Crippen LogP contribution in [0.15, 0.2) is 60.7 Å². The Hall–Kier alpha value is -3.18. The molecule has 2 aromatic heterocycles. The van der Waals surface area contributed by atoms with Crippen LogP contribution in [-0.4, -0.2) is 19.7 Å². The number of anilines is 1. The van der Waals surface area contributed by atoms with Crippen LogP contribution < -0.4 is 5.73 Å². The number of aromatic nitrogens is 4. The smallest absolute Gasteiger partial charge is 0.221 e. The van der Waals surface area contributed by atoms with E-state index < -0.39 is 0 Å². The van der Waals surface area contributed by atoms with Crippen molar-refractivity contribution < 1.29 is 0 Å². The molecule has 0 unspecified atom stereocenters. The quantitative estimate of drug-likeness (QED) is 0.555. The second-order valence-corrected chi connectivity index (χ2v) is 6.73. The van der Waals surface area contributed by atoms with Gasteiger partial charge in [0.25, 0.3) is 0 Å². The largest absolute Gasteiger partial charge is 0.368 e. The highest BCUT2D eigenvalue weighted by Crippen LogP contribution is 2.30. The molecule has 2 heterocycles. The molecule has 6 heteroatoms. The van der Waals surface area contributed by atoms with E-state index in [9.17, 15) is 0 Å². The monoisotopic (exact) mass is 375 g/mol. The summed E-state index contributed by atoms with van der Waals surface area (Å²) in [6.07, 6.45) is 0. The molecular weight excluding hydrogens is 358 g/mol. The minimum atomic E-state index is 0.226. The van der Waals surface area contributed by atoms with E-state index in [1.54, 1.807) is 0 Å². The third-order valence-corrected chi connectivity index (χ3v) is 4.68. The van der Waals surface area contributed by atoms with Gasteiger partial charge in [-0.05, 0) is 44.2 Å². The van der Waals surface area contributed by atoms with Crippen LogP contribution in [0, 0.1) is 13.8 Å². The van der Waals surface area contributed by atoms with Crippen molar-refractivity contribution in [2.75, 3.05) is 5.73 Å². The van der Waals surface area contributed by atoms with Crippen molar-refractivity contribution in [1.29, 1.82) is 0 Å². The Morgan fingerprint density at radius 3 is 2.26 bits per heavy atom. The van der Waals surface area contributed by atoms with Crippen molar-refractivity contribution in [3.05, 3.63) is 77.1 Å². The topological polar surface area (TPSA) is 69.6 Å². The lowest BCUT2D eigenvalue weighted by Gasteiger charge is -2.08. The number of nitrogen functional groups attached to an aromatic ring is 1. The zero-order valence-corrected chi connectivity index (χ0v) is 15.8. The van der Waals surface area contributed by atoms with Crippen LogP contribution >= 0.6 is 11.6 Å². The summed E-state index contributed by atoms with van der Waals surface area (Å²) in [7, 11) is 0. The fraction of sp³-hybridized carbons (Fsp3) is 0.0952. The van der Waals surface area contributed by atoms with Crippen molar-refractivity contribution in [3.63, 3.8) is 0 Å². The molecular formula is C21H18ClN5. The number of rotatable bonds is 3. The van der Waals surface area contributed by atoms with E-state index in [1.165, 1.54) is 0 Å². The Bertz CT molecular complexity index is 1100. The van der Waals surface area contributed by atoms with E-state index in [4.69, 9.17) is 22.4 Å². The highest BCUT2D eigenvalue weighted by molar-refractivity contribution is 6.30. The molecule has 2 aromatic carbocycles. The predicted molar refractivity (Wildman–Crippen MR) is 109 cm³/mol. The van der Waals surface area contributed by atoms with E-state index in [0.717, 1.165) is 39.6 Å². The molecule has 0 fully saturated rings. The molecule has 0 saturated carbocycles. The van der Waals surface area contributed by atoms with Crippen LogP contribution in [0.1, 0.15) is 11.4 Å². The molecule has 0 aliphatic heterocycles. The van der Waals surface area contributed by atoms with Crippen LogP contribution in [0.4, 0.5) is 5.95 Å². The molecule has 0 atom stereocenters. The molecule has 0 aliphatic rings. The normalized spacial score (nSPS) is 10.9. The Morgan fingerprint density at radius 1 is 0.889 bits per heavy atom. The van der Waals surface area contributed by atoms with Crippen LogP contribution in [-0.2, 0) is 0 Å². The second-order valence-electron chi connectivity index (χ2n) is 6.30. The number of hydrogen-bond donors (Lipinski definition) is 1. The fourth-order valence-electron chi connectivity index (χ4n) is 3.20. The van der Waals surface area contributed by atoms with Gasteiger partial charge in [0.2, 0.25) is 5.95 Å². The predicted octanol–water partition coefficient (Wildman–Crippen LogP) is 4.85. The molecule has 0 amide bonds. The number of nitrogens with two attached hydrogens (primary N) is 1. The third-order valence-electron chi connectivity index (χ3n) is 4.43. The first-order valence-corrected chi connectivity index (χ1v) is 8.93. The first kappa shape index (κ1) is 17.2. The van der Waals surface area contributed by atoms with Gasteiger partial charge in [-0.3, -0.25) is 0 Å². The summed E-state index contributed by atoms with van der Waals surface area (Å²) < 4.78 is 1.92. The van der Waals surface area contributed by atoms with E-state index >= 15 is 0 Å². The van der Waals surface area contributed by atoms with Gasteiger partial charge in [-0.15, -0.1) is 0 Å². The zero-order valence-electron chi connectivity index (χ0n) is 15.0. The minimum Gasteiger partial charge on any atom is -0.368 e. The molecule has 0 spiro atoms. The fourth-order valence-corrected chi connectivity index (χ4v) is 3.32. The highest BCUT2D eigenvalue weighted by atomic mass is 35.5. The van der Waals surface area contributed by atoms with Gasteiger partial charge in [0, 0.05) is 16.1 Å². The SMILES string of the molecule is Cc1nn(-c2ccccc2)c(C)c1-c1cc(-c2ccc(Cl)cc2)nc(N)n1. The molecule has 27 heavy (non-hydrogen) atoms. The van der Waals surface area contributed by atoms with E-state index in [2.05, 4.69) is 9.97 Å². The van der Waals surface area contributed by atoms with Crippen molar-refractivity contribution in [2.24, 2.45) is 0 Å². The summed E-state index contributed by atoms with van der Waals surface area (Å²) in [4.78, 5) is 8.84. The number of para-hydroxylation sites is 1. The molecule has 2 N–H and O–H groups in total. The van der Waals surface area contributed by atoms with Crippen molar-refractivity contribution in [2.45, 2.75) is 13.8 Å². The maximum absolute atomic E-state index is 6.01. The van der Waals surface area contributed by atoms with Crippen LogP contribution in [0.2, 0.25) is 5.02 Å². The van der Waals surface area contributed by atoms with E-state index in [-0.39, 0.29) is 5.95 Å². The minimum absolute atomic E-state index is 0.226. The lowest BCUT2D eigenvalue weighted by atomic mass is 10.1. The molecule has 4 rings (SSSR count). The van der Waals surface area contributed by atoms with Crippen LogP contribution in [0.3, 0.4) is 0 Å². The van der Waals surface area contributed by atoms with Crippen molar-refractivity contribution >= 4 is 17.5 Å². The van der Waals surface area contributed by atoms with Gasteiger partial charge in [0.15, 0.2) is 0 Å². The van der Waals surface area contributed by atoms with Gasteiger partial charge in [0.1, 0.15) is 0 Å². The Balaban J connectivity index is 1.85. The number of hydrogen-bond acceptors (Lipinski definition) is 4. The highest BCUT2D eigenvalue weighted by Gasteiger charge is 2.17. The van der Waals surface area contributed by atoms with E-state index in [1.807, 2.05) is 79.2 Å². The zero-order chi connectivity index (χ0) is 19.0. The summed E-state index contributed by atoms with van der Waals surface area (Å²) in [6.45, 7) is 4.00. The average molecular weight is 376 g/mol. The first-order valence-electron chi connectivity index (χ1n) is 8.55. The Labute approximate surface area is 162 Å². The summed E-state index contributed by atoms with van der Waals surface area (Å²) in [5, 5.41) is 5.38. The maximum atomic E-state index is 6.01. The molecule has 0 saturated heterocycles. The second kappa shape index (κ2) is 6.85. The summed E-state index contributed by atoms with van der Waals surface area (Å²) in [6, 6.07) is 19.5. The van der Waals surface area contributed by atoms with Gasteiger partial charge in [0.05, 0.1) is 28.5 Å². The molecule has 5 nitrogen and oxygen atoms in total. The Kier molecular flexibility index (Phi) is 4.38. The van der Waals surface area contributed by atoms with Crippen molar-refractivity contribution in [1.82, 2.24) is 19.7 Å². The van der Waals surface area contributed by atoms with E-state index in [0.29, 0.717) is 5.02 Å². The lowest BCUT2D eigenvalue weighted by molar-refractivity contribution is 0.834. The third kappa shape index (κ3) is 3.29. The van der Waals surface area contributed by atoms with Crippen molar-refractivity contribution in [3.8, 4) is 28.2 Å². The summed E-state index contributed by atoms with van der Waals surface area (Å²) in [5.74, 6) is 0.226. The number of benzene rings is 2. The Morgan fingerprint density at radius 2 is 1.56 bits per heavy atom. The van der Waals surface area contributed by atoms with Gasteiger partial charge >= 0.3 is 0 Å². The maximum Gasteiger partial charge on any atom is 0.221 e. The molecule has 134 valence electrons. The van der Waals surface area contributed by atoms with Crippen LogP contribution in [0.25, 0.3) is 28.2 Å². The van der Waals surface area contributed by atoms with Gasteiger partial charge < -0.3 is 5.73 Å². The molecule has 4 aromatic rings. The molecule has 0 radical (unpaired) electrons. The number of halogens is 1. The number of nitrogens with zero attached hydrogens (tertiary/aromatic N) is 4. The van der Waals surface area contributed by atoms with Gasteiger partial charge in [-0.1, -0.05) is 41.9 Å².